The largest absolute Gasteiger partial charge is 0.314 e. The summed E-state index contributed by atoms with van der Waals surface area (Å²) in [6.45, 7) is 0.914. The van der Waals surface area contributed by atoms with E-state index >= 15 is 0 Å². The maximum absolute atomic E-state index is 10.7. The van der Waals surface area contributed by atoms with E-state index in [1.54, 1.807) is 0 Å². The van der Waals surface area contributed by atoms with Crippen LogP contribution in [0.25, 0.3) is 0 Å². The zero-order valence-electron chi connectivity index (χ0n) is 9.37. The summed E-state index contributed by atoms with van der Waals surface area (Å²) in [5, 5.41) is 23.2. The molecule has 8 nitrogen and oxygen atoms in total. The van der Waals surface area contributed by atoms with Crippen molar-refractivity contribution in [3.8, 4) is 0 Å². The van der Waals surface area contributed by atoms with Gasteiger partial charge in [0.15, 0.2) is 0 Å². The van der Waals surface area contributed by atoms with Gasteiger partial charge in [-0.05, 0) is 30.2 Å². The molecule has 0 saturated heterocycles. The maximum atomic E-state index is 10.7. The molecule has 0 aliphatic carbocycles. The van der Waals surface area contributed by atoms with Crippen LogP contribution in [0.1, 0.15) is 17.2 Å². The second-order valence-corrected chi connectivity index (χ2v) is 3.91. The smallest absolute Gasteiger partial charge is 0.295 e. The fourth-order valence-electron chi connectivity index (χ4n) is 2.00. The lowest BCUT2D eigenvalue weighted by molar-refractivity contribution is -0.770. The van der Waals surface area contributed by atoms with Crippen molar-refractivity contribution in [2.24, 2.45) is 0 Å². The number of fused-ring (bicyclic) bond motifs is 1. The molecular formula is C10H11N3O5. The van der Waals surface area contributed by atoms with Gasteiger partial charge in [0.25, 0.3) is 10.8 Å². The van der Waals surface area contributed by atoms with Gasteiger partial charge in [0, 0.05) is 18.7 Å². The topological polar surface area (TPSA) is 108 Å². The van der Waals surface area contributed by atoms with E-state index in [4.69, 9.17) is 0 Å². The molecule has 1 N–H and O–H groups in total. The lowest BCUT2D eigenvalue weighted by atomic mass is 10.0. The van der Waals surface area contributed by atoms with Crippen molar-refractivity contribution < 1.29 is 14.8 Å². The van der Waals surface area contributed by atoms with Crippen molar-refractivity contribution in [3.63, 3.8) is 0 Å². The third kappa shape index (κ3) is 2.54. The Bertz CT molecular complexity index is 490. The number of nitrogens with one attached hydrogen (secondary N) is 1. The normalized spacial score (nSPS) is 18.6. The lowest BCUT2D eigenvalue weighted by Gasteiger charge is -2.14. The van der Waals surface area contributed by atoms with Crippen LogP contribution in [-0.2, 0) is 11.3 Å². The number of hydrogen-bond acceptors (Lipinski definition) is 6. The summed E-state index contributed by atoms with van der Waals surface area (Å²) >= 11 is 0. The molecule has 1 atom stereocenters. The summed E-state index contributed by atoms with van der Waals surface area (Å²) in [6.07, 6.45) is -0.146. The van der Waals surface area contributed by atoms with Crippen LogP contribution in [0.2, 0.25) is 0 Å². The van der Waals surface area contributed by atoms with E-state index in [0.29, 0.717) is 30.6 Å². The van der Waals surface area contributed by atoms with Gasteiger partial charge in [0.2, 0.25) is 0 Å². The first kappa shape index (κ1) is 12.2. The summed E-state index contributed by atoms with van der Waals surface area (Å²) in [6, 6.07) is 4.30. The van der Waals surface area contributed by atoms with Crippen molar-refractivity contribution in [3.05, 3.63) is 49.6 Å². The number of hydrogen-bond donors (Lipinski definition) is 1. The van der Waals surface area contributed by atoms with Gasteiger partial charge in [0.05, 0.1) is 4.92 Å². The molecule has 0 bridgehead atoms. The molecule has 0 saturated carbocycles. The highest BCUT2D eigenvalue weighted by atomic mass is 17.0. The van der Waals surface area contributed by atoms with Crippen LogP contribution in [0.15, 0.2) is 18.2 Å². The van der Waals surface area contributed by atoms with Gasteiger partial charge in [0.1, 0.15) is 6.10 Å². The number of nitrogens with zero attached hydrogens (tertiary/aromatic N) is 2. The minimum atomic E-state index is -0.844. The molecule has 1 aromatic carbocycles. The molecular weight excluding hydrogens is 242 g/mol. The molecule has 0 amide bonds. The summed E-state index contributed by atoms with van der Waals surface area (Å²) < 4.78 is 0. The first-order valence-corrected chi connectivity index (χ1v) is 5.37. The third-order valence-corrected chi connectivity index (χ3v) is 2.80. The Balaban J connectivity index is 2.36. The summed E-state index contributed by atoms with van der Waals surface area (Å²) in [5.74, 6) is 0. The van der Waals surface area contributed by atoms with Crippen LogP contribution in [0.5, 0.6) is 0 Å². The van der Waals surface area contributed by atoms with Crippen molar-refractivity contribution in [1.29, 1.82) is 0 Å². The monoisotopic (exact) mass is 253 g/mol. The molecule has 1 unspecified atom stereocenters. The maximum Gasteiger partial charge on any atom is 0.295 e. The summed E-state index contributed by atoms with van der Waals surface area (Å²) in [4.78, 5) is 25.2. The van der Waals surface area contributed by atoms with Crippen molar-refractivity contribution in [1.82, 2.24) is 5.32 Å². The number of benzene rings is 1. The van der Waals surface area contributed by atoms with Crippen molar-refractivity contribution in [2.45, 2.75) is 12.5 Å². The zero-order valence-corrected chi connectivity index (χ0v) is 9.37. The van der Waals surface area contributed by atoms with Crippen LogP contribution >= 0.6 is 0 Å². The minimum Gasteiger partial charge on any atom is -0.314 e. The van der Waals surface area contributed by atoms with E-state index in [-0.39, 0.29) is 5.69 Å². The Morgan fingerprint density at radius 3 is 2.78 bits per heavy atom. The van der Waals surface area contributed by atoms with Gasteiger partial charge in [-0.3, -0.25) is 10.1 Å². The fraction of sp³-hybridized carbons (Fsp3) is 0.400. The third-order valence-electron chi connectivity index (χ3n) is 2.80. The number of rotatable bonds is 3. The molecule has 0 spiro atoms. The van der Waals surface area contributed by atoms with Crippen LogP contribution in [-0.4, -0.2) is 23.1 Å². The molecule has 0 aromatic heterocycles. The molecule has 2 rings (SSSR count). The molecule has 96 valence electrons. The Morgan fingerprint density at radius 2 is 2.11 bits per heavy atom. The number of nitro groups is 1. The zero-order chi connectivity index (χ0) is 13.1. The van der Waals surface area contributed by atoms with E-state index in [1.807, 2.05) is 0 Å². The Kier molecular flexibility index (Phi) is 3.38. The van der Waals surface area contributed by atoms with E-state index in [9.17, 15) is 20.2 Å². The van der Waals surface area contributed by atoms with Gasteiger partial charge in [-0.2, -0.15) is 0 Å². The van der Waals surface area contributed by atoms with Crippen molar-refractivity contribution in [2.75, 3.05) is 13.1 Å². The Hall–Kier alpha value is -2.22. The molecule has 1 aromatic rings. The fourth-order valence-corrected chi connectivity index (χ4v) is 2.00. The van der Waals surface area contributed by atoms with Gasteiger partial charge < -0.3 is 10.2 Å². The van der Waals surface area contributed by atoms with E-state index in [2.05, 4.69) is 10.2 Å². The Morgan fingerprint density at radius 1 is 1.33 bits per heavy atom. The number of non-ortho nitro benzene ring substituents is 1. The van der Waals surface area contributed by atoms with Crippen LogP contribution in [0, 0.1) is 20.2 Å². The highest BCUT2D eigenvalue weighted by molar-refractivity contribution is 5.41. The van der Waals surface area contributed by atoms with Crippen molar-refractivity contribution >= 4 is 5.69 Å². The van der Waals surface area contributed by atoms with Gasteiger partial charge in [-0.15, -0.1) is 10.1 Å². The molecule has 8 heteroatoms. The van der Waals surface area contributed by atoms with E-state index < -0.39 is 16.1 Å². The standard InChI is InChI=1S/C10H11N3O5/c14-12(15)8-1-2-9-7(5-8)3-4-11-6-10(9)18-13(16)17/h1-2,5,10-11H,3-4,6H2. The van der Waals surface area contributed by atoms with Crippen LogP contribution in [0.4, 0.5) is 5.69 Å². The highest BCUT2D eigenvalue weighted by Crippen LogP contribution is 2.27. The molecule has 1 aliphatic heterocycles. The second-order valence-electron chi connectivity index (χ2n) is 3.91. The van der Waals surface area contributed by atoms with Crippen LogP contribution < -0.4 is 5.32 Å². The molecule has 0 radical (unpaired) electrons. The summed E-state index contributed by atoms with van der Waals surface area (Å²) in [5.41, 5.74) is 1.32. The quantitative estimate of drug-likeness (QED) is 0.635. The SMILES string of the molecule is O=[N+]([O-])OC1CNCCc2cc([N+](=O)[O-])ccc21. The lowest BCUT2D eigenvalue weighted by Crippen LogP contribution is -2.23. The average Bonchev–Trinajstić information content (AvgIpc) is 2.50. The first-order chi connectivity index (χ1) is 8.58. The van der Waals surface area contributed by atoms with Crippen LogP contribution in [0.3, 0.4) is 0 Å². The Labute approximate surface area is 102 Å². The van der Waals surface area contributed by atoms with Gasteiger partial charge >= 0.3 is 0 Å². The highest BCUT2D eigenvalue weighted by Gasteiger charge is 2.23. The molecule has 1 aliphatic rings. The molecule has 18 heavy (non-hydrogen) atoms. The van der Waals surface area contributed by atoms with Gasteiger partial charge in [-0.1, -0.05) is 0 Å². The molecule has 1 heterocycles. The molecule has 0 fully saturated rings. The minimum absolute atomic E-state index is 0.0181. The predicted molar refractivity (Wildman–Crippen MR) is 60.5 cm³/mol. The van der Waals surface area contributed by atoms with E-state index in [0.717, 1.165) is 0 Å². The number of nitro benzene ring substituents is 1. The van der Waals surface area contributed by atoms with E-state index in [1.165, 1.54) is 18.2 Å². The second kappa shape index (κ2) is 4.96. The summed E-state index contributed by atoms with van der Waals surface area (Å²) in [7, 11) is 0. The average molecular weight is 253 g/mol. The first-order valence-electron chi connectivity index (χ1n) is 5.37. The predicted octanol–water partition coefficient (Wildman–Crippen LogP) is 0.990. The van der Waals surface area contributed by atoms with Gasteiger partial charge in [-0.25, -0.2) is 0 Å².